The van der Waals surface area contributed by atoms with Gasteiger partial charge in [-0.2, -0.15) is 0 Å². The van der Waals surface area contributed by atoms with Crippen LogP contribution >= 0.6 is 0 Å². The Morgan fingerprint density at radius 3 is 2.11 bits per heavy atom. The summed E-state index contributed by atoms with van der Waals surface area (Å²) in [6, 6.07) is 17.8. The fourth-order valence-electron chi connectivity index (χ4n) is 5.17. The first-order chi connectivity index (χ1) is 13.6. The lowest BCUT2D eigenvalue weighted by atomic mass is 9.87. The van der Waals surface area contributed by atoms with E-state index in [0.29, 0.717) is 0 Å². The van der Waals surface area contributed by atoms with Crippen LogP contribution in [0.15, 0.2) is 58.5 Å². The van der Waals surface area contributed by atoms with Crippen LogP contribution in [0.25, 0.3) is 49.4 Å². The maximum atomic E-state index is 6.32. The van der Waals surface area contributed by atoms with E-state index in [1.54, 1.807) is 0 Å². The van der Waals surface area contributed by atoms with E-state index in [1.165, 1.54) is 60.0 Å². The molecular weight excluding hydrogens is 340 g/mol. The van der Waals surface area contributed by atoms with Gasteiger partial charge >= 0.3 is 0 Å². The van der Waals surface area contributed by atoms with Gasteiger partial charge in [0.15, 0.2) is 0 Å². The van der Waals surface area contributed by atoms with Crippen LogP contribution in [0.3, 0.4) is 0 Å². The van der Waals surface area contributed by atoms with Gasteiger partial charge in [0.1, 0.15) is 11.3 Å². The Labute approximate surface area is 164 Å². The highest BCUT2D eigenvalue weighted by Crippen LogP contribution is 2.44. The van der Waals surface area contributed by atoms with Gasteiger partial charge in [0.2, 0.25) is 0 Å². The molecule has 0 unspecified atom stereocenters. The molecule has 0 spiro atoms. The molecule has 1 aromatic heterocycles. The molecule has 136 valence electrons. The van der Waals surface area contributed by atoms with Gasteiger partial charge in [0.25, 0.3) is 0 Å². The van der Waals surface area contributed by atoms with E-state index in [9.17, 15) is 0 Å². The number of fused-ring (bicyclic) bond motifs is 10. The maximum absolute atomic E-state index is 6.32. The molecular formula is C27H22O. The molecule has 0 fully saturated rings. The third kappa shape index (κ3) is 1.97. The molecule has 4 aromatic carbocycles. The average molecular weight is 362 g/mol. The molecule has 1 heteroatoms. The van der Waals surface area contributed by atoms with Gasteiger partial charge in [-0.25, -0.2) is 0 Å². The summed E-state index contributed by atoms with van der Waals surface area (Å²) in [5.41, 5.74) is 6.41. The lowest BCUT2D eigenvalue weighted by Gasteiger charge is -2.15. The number of rotatable bonds is 0. The fourth-order valence-corrected chi connectivity index (χ4v) is 5.17. The Morgan fingerprint density at radius 1 is 0.643 bits per heavy atom. The van der Waals surface area contributed by atoms with Crippen molar-refractivity contribution in [2.75, 3.05) is 0 Å². The minimum Gasteiger partial charge on any atom is -0.460 e. The van der Waals surface area contributed by atoms with Crippen LogP contribution in [0.4, 0.5) is 0 Å². The van der Waals surface area contributed by atoms with Crippen LogP contribution in [0.5, 0.6) is 0 Å². The van der Waals surface area contributed by atoms with E-state index in [2.05, 4.69) is 75.4 Å². The highest BCUT2D eigenvalue weighted by atomic mass is 16.3. The second-order valence-corrected chi connectivity index (χ2v) is 8.29. The van der Waals surface area contributed by atoms with E-state index in [1.807, 2.05) is 0 Å². The molecule has 0 N–H and O–H groups in total. The molecule has 0 amide bonds. The van der Waals surface area contributed by atoms with Crippen LogP contribution in [-0.4, -0.2) is 0 Å². The van der Waals surface area contributed by atoms with Crippen LogP contribution < -0.4 is 0 Å². The molecule has 0 saturated heterocycles. The third-order valence-corrected chi connectivity index (χ3v) is 6.46. The van der Waals surface area contributed by atoms with Gasteiger partial charge in [-0.1, -0.05) is 48.0 Å². The van der Waals surface area contributed by atoms with Crippen molar-refractivity contribution in [1.29, 1.82) is 0 Å². The quantitative estimate of drug-likeness (QED) is 0.256. The number of furan rings is 1. The first kappa shape index (κ1) is 15.9. The predicted molar refractivity (Wildman–Crippen MR) is 120 cm³/mol. The largest absolute Gasteiger partial charge is 0.460 e. The fraction of sp³-hybridized carbons (Fsp3) is 0.185. The first-order valence-electron chi connectivity index (χ1n) is 10.1. The Hall–Kier alpha value is -3.06. The van der Waals surface area contributed by atoms with E-state index < -0.39 is 0 Å². The minimum atomic E-state index is 0.998. The van der Waals surface area contributed by atoms with Crippen molar-refractivity contribution in [2.45, 2.75) is 33.6 Å². The third-order valence-electron chi connectivity index (χ3n) is 6.46. The van der Waals surface area contributed by atoms with Crippen molar-refractivity contribution in [3.63, 3.8) is 0 Å². The van der Waals surface area contributed by atoms with Gasteiger partial charge in [-0.3, -0.25) is 0 Å². The normalized spacial score (nSPS) is 14.2. The van der Waals surface area contributed by atoms with Crippen molar-refractivity contribution in [1.82, 2.24) is 0 Å². The number of allylic oxidation sites excluding steroid dienone is 1. The minimum absolute atomic E-state index is 0.998. The molecule has 1 aliphatic rings. The second kappa shape index (κ2) is 5.48. The van der Waals surface area contributed by atoms with Crippen LogP contribution in [0.2, 0.25) is 0 Å². The highest BCUT2D eigenvalue weighted by Gasteiger charge is 2.21. The van der Waals surface area contributed by atoms with Crippen molar-refractivity contribution in [3.8, 4) is 0 Å². The van der Waals surface area contributed by atoms with Crippen molar-refractivity contribution in [2.24, 2.45) is 0 Å². The molecule has 6 rings (SSSR count). The number of aryl methyl sites for hydroxylation is 3. The Bertz CT molecular complexity index is 1480. The van der Waals surface area contributed by atoms with Gasteiger partial charge < -0.3 is 4.42 Å². The summed E-state index contributed by atoms with van der Waals surface area (Å²) in [5.74, 6) is 1.14. The summed E-state index contributed by atoms with van der Waals surface area (Å²) >= 11 is 0. The zero-order chi connectivity index (χ0) is 19.0. The molecule has 0 saturated carbocycles. The van der Waals surface area contributed by atoms with Crippen molar-refractivity contribution >= 4 is 49.4 Å². The first-order valence-corrected chi connectivity index (χ1v) is 10.1. The van der Waals surface area contributed by atoms with Crippen molar-refractivity contribution < 1.29 is 4.42 Å². The van der Waals surface area contributed by atoms with Gasteiger partial charge in [-0.15, -0.1) is 0 Å². The smallest absolute Gasteiger partial charge is 0.135 e. The second-order valence-electron chi connectivity index (χ2n) is 8.29. The summed E-state index contributed by atoms with van der Waals surface area (Å²) < 4.78 is 6.32. The summed E-state index contributed by atoms with van der Waals surface area (Å²) in [6.45, 7) is 6.69. The number of hydrogen-bond donors (Lipinski definition) is 0. The summed E-state index contributed by atoms with van der Waals surface area (Å²) in [7, 11) is 0. The Morgan fingerprint density at radius 2 is 1.32 bits per heavy atom. The van der Waals surface area contributed by atoms with E-state index >= 15 is 0 Å². The topological polar surface area (TPSA) is 13.1 Å². The molecule has 1 aliphatic carbocycles. The lowest BCUT2D eigenvalue weighted by molar-refractivity contribution is 0.543. The van der Waals surface area contributed by atoms with Crippen LogP contribution in [0.1, 0.15) is 35.8 Å². The zero-order valence-electron chi connectivity index (χ0n) is 16.5. The van der Waals surface area contributed by atoms with Gasteiger partial charge in [0.05, 0.1) is 0 Å². The highest BCUT2D eigenvalue weighted by molar-refractivity contribution is 6.33. The predicted octanol–water partition coefficient (Wildman–Crippen LogP) is 7.86. The number of hydrogen-bond acceptors (Lipinski definition) is 1. The number of benzene rings is 4. The molecule has 0 atom stereocenters. The van der Waals surface area contributed by atoms with Crippen LogP contribution in [0, 0.1) is 13.8 Å². The summed E-state index contributed by atoms with van der Waals surface area (Å²) in [4.78, 5) is 0. The average Bonchev–Trinajstić information content (AvgIpc) is 3.06. The molecule has 1 heterocycles. The van der Waals surface area contributed by atoms with E-state index in [4.69, 9.17) is 4.42 Å². The standard InChI is InChI=1S/C27H22O/c1-15-10-12-22-21(14-15)27-23(28-22)13-11-19-18-8-4-6-16(2)24(18)25-17(3)7-5-9-20(25)26(19)27/h4-9,11,13-14H,10,12H2,1-3H3. The monoisotopic (exact) mass is 362 g/mol. The van der Waals surface area contributed by atoms with Crippen molar-refractivity contribution in [3.05, 3.63) is 76.6 Å². The van der Waals surface area contributed by atoms with E-state index in [-0.39, 0.29) is 0 Å². The lowest BCUT2D eigenvalue weighted by Crippen LogP contribution is -1.94. The molecule has 0 radical (unpaired) electrons. The Balaban J connectivity index is 1.99. The molecule has 28 heavy (non-hydrogen) atoms. The summed E-state index contributed by atoms with van der Waals surface area (Å²) in [5, 5.41) is 9.38. The van der Waals surface area contributed by atoms with E-state index in [0.717, 1.165) is 24.2 Å². The SMILES string of the molecule is CC1=Cc2c(oc3ccc4c5cccc(C)c5c5c(C)cccc5c4c23)CC1. The molecule has 5 aromatic rings. The molecule has 1 nitrogen and oxygen atoms in total. The maximum Gasteiger partial charge on any atom is 0.135 e. The Kier molecular flexibility index (Phi) is 3.12. The van der Waals surface area contributed by atoms with Crippen LogP contribution in [-0.2, 0) is 6.42 Å². The summed E-state index contributed by atoms with van der Waals surface area (Å²) in [6.07, 6.45) is 4.43. The molecule has 0 bridgehead atoms. The zero-order valence-corrected chi connectivity index (χ0v) is 16.5. The van der Waals surface area contributed by atoms with Gasteiger partial charge in [0, 0.05) is 22.8 Å². The molecule has 0 aliphatic heterocycles. The van der Waals surface area contributed by atoms with Gasteiger partial charge in [-0.05, 0) is 77.4 Å².